The van der Waals surface area contributed by atoms with Crippen molar-refractivity contribution in [1.29, 1.82) is 5.26 Å². The van der Waals surface area contributed by atoms with E-state index in [2.05, 4.69) is 10.6 Å². The number of ether oxygens (including phenoxy) is 2. The summed E-state index contributed by atoms with van der Waals surface area (Å²) in [6, 6.07) is 15.8. The molecule has 0 spiro atoms. The predicted octanol–water partition coefficient (Wildman–Crippen LogP) is 5.58. The van der Waals surface area contributed by atoms with Crippen molar-refractivity contribution in [3.8, 4) is 23.3 Å². The summed E-state index contributed by atoms with van der Waals surface area (Å²) in [5.41, 5.74) is 2.03. The zero-order chi connectivity index (χ0) is 26.2. The van der Waals surface area contributed by atoms with Crippen LogP contribution in [-0.2, 0) is 9.59 Å². The van der Waals surface area contributed by atoms with Crippen molar-refractivity contribution in [3.05, 3.63) is 81.3 Å². The van der Waals surface area contributed by atoms with Gasteiger partial charge in [0, 0.05) is 16.4 Å². The maximum atomic E-state index is 12.5. The van der Waals surface area contributed by atoms with Crippen LogP contribution >= 0.6 is 23.2 Å². The average molecular weight is 526 g/mol. The van der Waals surface area contributed by atoms with Gasteiger partial charge >= 0.3 is 0 Å². The van der Waals surface area contributed by atoms with Gasteiger partial charge in [0.1, 0.15) is 17.4 Å². The van der Waals surface area contributed by atoms with E-state index in [9.17, 15) is 20.0 Å². The fourth-order valence-corrected chi connectivity index (χ4v) is 3.48. The smallest absolute Gasteiger partial charge is 0.266 e. The van der Waals surface area contributed by atoms with Gasteiger partial charge in [-0.1, -0.05) is 29.3 Å². The van der Waals surface area contributed by atoms with Crippen LogP contribution in [0.2, 0.25) is 10.0 Å². The third-order valence-corrected chi connectivity index (χ3v) is 5.54. The fourth-order valence-electron chi connectivity index (χ4n) is 3.03. The van der Waals surface area contributed by atoms with Gasteiger partial charge in [0.2, 0.25) is 0 Å². The molecule has 0 saturated carbocycles. The second-order valence-corrected chi connectivity index (χ2v) is 8.32. The molecule has 0 aliphatic carbocycles. The Morgan fingerprint density at radius 1 is 1.03 bits per heavy atom. The summed E-state index contributed by atoms with van der Waals surface area (Å²) in [5.74, 6) is -0.706. The fraction of sp³-hybridized carbons (Fsp3) is 0.115. The van der Waals surface area contributed by atoms with Crippen molar-refractivity contribution in [1.82, 2.24) is 0 Å². The Morgan fingerprint density at radius 3 is 2.36 bits per heavy atom. The van der Waals surface area contributed by atoms with Gasteiger partial charge in [-0.3, -0.25) is 9.59 Å². The number of phenols is 1. The number of halogens is 2. The molecule has 3 aromatic carbocycles. The van der Waals surface area contributed by atoms with Crippen LogP contribution < -0.4 is 20.1 Å². The van der Waals surface area contributed by atoms with E-state index in [1.807, 2.05) is 13.0 Å². The van der Waals surface area contributed by atoms with Gasteiger partial charge < -0.3 is 25.2 Å². The highest BCUT2D eigenvalue weighted by Crippen LogP contribution is 2.37. The van der Waals surface area contributed by atoms with Crippen LogP contribution in [-0.4, -0.2) is 30.6 Å². The molecule has 184 valence electrons. The van der Waals surface area contributed by atoms with E-state index in [1.165, 1.54) is 49.6 Å². The first-order chi connectivity index (χ1) is 17.2. The lowest BCUT2D eigenvalue weighted by Gasteiger charge is -2.14. The second-order valence-electron chi connectivity index (χ2n) is 7.51. The lowest BCUT2D eigenvalue weighted by Crippen LogP contribution is -2.20. The number of nitrogens with zero attached hydrogens (tertiary/aromatic N) is 1. The van der Waals surface area contributed by atoms with Crippen molar-refractivity contribution in [2.75, 3.05) is 24.4 Å². The van der Waals surface area contributed by atoms with Crippen LogP contribution in [0.15, 0.2) is 60.2 Å². The van der Waals surface area contributed by atoms with Crippen molar-refractivity contribution < 1.29 is 24.2 Å². The first-order valence-electron chi connectivity index (χ1n) is 10.5. The molecule has 0 heterocycles. The predicted molar refractivity (Wildman–Crippen MR) is 139 cm³/mol. The van der Waals surface area contributed by atoms with E-state index in [1.54, 1.807) is 18.2 Å². The first-order valence-corrected chi connectivity index (χ1v) is 11.2. The second kappa shape index (κ2) is 12.0. The summed E-state index contributed by atoms with van der Waals surface area (Å²) >= 11 is 12.4. The highest BCUT2D eigenvalue weighted by molar-refractivity contribution is 6.32. The van der Waals surface area contributed by atoms with Gasteiger partial charge in [-0.05, 0) is 72.7 Å². The Balaban J connectivity index is 1.73. The number of nitrogens with one attached hydrogen (secondary N) is 2. The number of methoxy groups -OCH3 is 1. The minimum atomic E-state index is -0.647. The molecule has 0 atom stereocenters. The minimum absolute atomic E-state index is 0.0464. The number of hydrogen-bond acceptors (Lipinski definition) is 6. The molecule has 0 aromatic heterocycles. The molecular formula is C26H21Cl2N3O5. The zero-order valence-electron chi connectivity index (χ0n) is 19.3. The van der Waals surface area contributed by atoms with Crippen LogP contribution in [0.4, 0.5) is 11.4 Å². The third kappa shape index (κ3) is 6.92. The summed E-state index contributed by atoms with van der Waals surface area (Å²) in [6.45, 7) is 1.50. The van der Waals surface area contributed by atoms with Crippen molar-refractivity contribution in [2.24, 2.45) is 0 Å². The molecule has 0 aliphatic rings. The number of rotatable bonds is 8. The SMILES string of the molecule is COc1cc(/C=C(\C#N)C(=O)Nc2ccc(O)cc2)cc(Cl)c1OCC(=O)Nc1ccc(C)c(Cl)c1. The molecule has 3 N–H and O–H groups in total. The van der Waals surface area contributed by atoms with Crippen LogP contribution in [0.25, 0.3) is 6.08 Å². The summed E-state index contributed by atoms with van der Waals surface area (Å²) in [4.78, 5) is 24.8. The Hall–Kier alpha value is -4.19. The van der Waals surface area contributed by atoms with Crippen LogP contribution in [0.3, 0.4) is 0 Å². The third-order valence-electron chi connectivity index (χ3n) is 4.86. The Labute approximate surface area is 217 Å². The number of aryl methyl sites for hydroxylation is 1. The Kier molecular flexibility index (Phi) is 8.79. The van der Waals surface area contributed by atoms with Gasteiger partial charge in [0.25, 0.3) is 11.8 Å². The molecule has 0 unspecified atom stereocenters. The number of nitriles is 1. The standard InChI is InChI=1S/C26H21Cl2N3O5/c1-15-3-4-19(12-21(15)27)30-24(33)14-36-25-22(28)10-16(11-23(25)35-2)9-17(13-29)26(34)31-18-5-7-20(32)8-6-18/h3-12,32H,14H2,1-2H3,(H,30,33)(H,31,34)/b17-9+. The summed E-state index contributed by atoms with van der Waals surface area (Å²) < 4.78 is 10.9. The maximum Gasteiger partial charge on any atom is 0.266 e. The zero-order valence-corrected chi connectivity index (χ0v) is 20.8. The Morgan fingerprint density at radius 2 is 1.72 bits per heavy atom. The average Bonchev–Trinajstić information content (AvgIpc) is 2.85. The van der Waals surface area contributed by atoms with E-state index in [4.69, 9.17) is 32.7 Å². The molecule has 0 radical (unpaired) electrons. The van der Waals surface area contributed by atoms with Gasteiger partial charge in [0.15, 0.2) is 18.1 Å². The highest BCUT2D eigenvalue weighted by atomic mass is 35.5. The van der Waals surface area contributed by atoms with E-state index in [0.29, 0.717) is 22.0 Å². The molecule has 0 bridgehead atoms. The van der Waals surface area contributed by atoms with E-state index >= 15 is 0 Å². The molecule has 10 heteroatoms. The number of hydrogen-bond donors (Lipinski definition) is 3. The number of carbonyl (C=O) groups is 2. The lowest BCUT2D eigenvalue weighted by atomic mass is 10.1. The summed E-state index contributed by atoms with van der Waals surface area (Å²) in [5, 5.41) is 24.7. The molecular weight excluding hydrogens is 505 g/mol. The van der Waals surface area contributed by atoms with Crippen LogP contribution in [0.5, 0.6) is 17.2 Å². The van der Waals surface area contributed by atoms with E-state index in [-0.39, 0.29) is 34.5 Å². The normalized spacial score (nSPS) is 10.8. The van der Waals surface area contributed by atoms with Crippen molar-refractivity contribution in [3.63, 3.8) is 0 Å². The number of aromatic hydroxyl groups is 1. The van der Waals surface area contributed by atoms with Gasteiger partial charge in [-0.2, -0.15) is 5.26 Å². The number of benzene rings is 3. The highest BCUT2D eigenvalue weighted by Gasteiger charge is 2.16. The molecule has 3 rings (SSSR count). The quantitative estimate of drug-likeness (QED) is 0.200. The molecule has 36 heavy (non-hydrogen) atoms. The number of phenolic OH excluding ortho intramolecular Hbond substituents is 1. The largest absolute Gasteiger partial charge is 0.508 e. The molecule has 0 aliphatic heterocycles. The van der Waals surface area contributed by atoms with E-state index in [0.717, 1.165) is 5.56 Å². The Bertz CT molecular complexity index is 1370. The van der Waals surface area contributed by atoms with Crippen LogP contribution in [0.1, 0.15) is 11.1 Å². The topological polar surface area (TPSA) is 121 Å². The lowest BCUT2D eigenvalue weighted by molar-refractivity contribution is -0.118. The summed E-state index contributed by atoms with van der Waals surface area (Å²) in [6.07, 6.45) is 1.34. The van der Waals surface area contributed by atoms with Gasteiger partial charge in [-0.15, -0.1) is 0 Å². The molecule has 0 fully saturated rings. The van der Waals surface area contributed by atoms with E-state index < -0.39 is 11.8 Å². The molecule has 3 aromatic rings. The first kappa shape index (κ1) is 26.4. The van der Waals surface area contributed by atoms with Crippen LogP contribution in [0, 0.1) is 18.3 Å². The monoisotopic (exact) mass is 525 g/mol. The minimum Gasteiger partial charge on any atom is -0.508 e. The molecule has 8 nitrogen and oxygen atoms in total. The molecule has 0 saturated heterocycles. The molecule has 2 amide bonds. The van der Waals surface area contributed by atoms with Crippen molar-refractivity contribution in [2.45, 2.75) is 6.92 Å². The maximum absolute atomic E-state index is 12.5. The van der Waals surface area contributed by atoms with Gasteiger partial charge in [0.05, 0.1) is 12.1 Å². The summed E-state index contributed by atoms with van der Waals surface area (Å²) in [7, 11) is 1.39. The number of carbonyl (C=O) groups excluding carboxylic acids is 2. The van der Waals surface area contributed by atoms with Crippen molar-refractivity contribution >= 4 is 52.5 Å². The number of amides is 2. The van der Waals surface area contributed by atoms with Gasteiger partial charge in [-0.25, -0.2) is 0 Å². The number of anilines is 2.